The molecular formula is C72H141NO5. The number of hydrogen-bond donors (Lipinski definition) is 3. The van der Waals surface area contributed by atoms with Gasteiger partial charge in [0.2, 0.25) is 5.91 Å². The van der Waals surface area contributed by atoms with E-state index in [2.05, 4.69) is 19.2 Å². The maximum absolute atomic E-state index is 12.5. The van der Waals surface area contributed by atoms with E-state index in [0.717, 1.165) is 38.5 Å². The van der Waals surface area contributed by atoms with Gasteiger partial charge in [-0.15, -0.1) is 0 Å². The molecule has 0 rings (SSSR count). The van der Waals surface area contributed by atoms with Crippen LogP contribution in [0.5, 0.6) is 0 Å². The Labute approximate surface area is 489 Å². The van der Waals surface area contributed by atoms with Gasteiger partial charge in [0, 0.05) is 12.8 Å². The second kappa shape index (κ2) is 68.1. The summed E-state index contributed by atoms with van der Waals surface area (Å²) in [6, 6.07) is -0.625. The van der Waals surface area contributed by atoms with E-state index in [4.69, 9.17) is 4.74 Å². The summed E-state index contributed by atoms with van der Waals surface area (Å²) in [4.78, 5) is 24.5. The molecule has 3 N–H and O–H groups in total. The summed E-state index contributed by atoms with van der Waals surface area (Å²) in [5.41, 5.74) is 0. The first-order chi connectivity index (χ1) is 38.5. The molecule has 0 aliphatic carbocycles. The largest absolute Gasteiger partial charge is 0.466 e. The monoisotopic (exact) mass is 1100 g/mol. The lowest BCUT2D eigenvalue weighted by molar-refractivity contribution is -0.143. The number of aliphatic hydroxyl groups is 2. The molecule has 0 saturated carbocycles. The zero-order valence-electron chi connectivity index (χ0n) is 53.2. The summed E-state index contributed by atoms with van der Waals surface area (Å²) in [5, 5.41) is 23.2. The van der Waals surface area contributed by atoms with Crippen molar-refractivity contribution in [2.24, 2.45) is 0 Å². The van der Waals surface area contributed by atoms with Crippen LogP contribution >= 0.6 is 0 Å². The second-order valence-corrected chi connectivity index (χ2v) is 24.9. The van der Waals surface area contributed by atoms with Crippen LogP contribution in [-0.4, -0.2) is 47.4 Å². The fourth-order valence-electron chi connectivity index (χ4n) is 11.6. The summed E-state index contributed by atoms with van der Waals surface area (Å²) < 4.78 is 5.49. The number of unbranched alkanes of at least 4 members (excludes halogenated alkanes) is 57. The highest BCUT2D eigenvalue weighted by Crippen LogP contribution is 2.19. The van der Waals surface area contributed by atoms with Crippen molar-refractivity contribution in [3.05, 3.63) is 12.2 Å². The molecule has 464 valence electrons. The normalized spacial score (nSPS) is 12.5. The number of aliphatic hydroxyl groups excluding tert-OH is 2. The molecule has 0 radical (unpaired) electrons. The zero-order chi connectivity index (χ0) is 56.4. The van der Waals surface area contributed by atoms with Crippen LogP contribution < -0.4 is 5.32 Å². The van der Waals surface area contributed by atoms with E-state index in [1.165, 1.54) is 347 Å². The minimum atomic E-state index is -0.842. The molecule has 0 aromatic rings. The minimum Gasteiger partial charge on any atom is -0.466 e. The highest BCUT2D eigenvalue weighted by Gasteiger charge is 2.18. The molecule has 2 unspecified atom stereocenters. The predicted molar refractivity (Wildman–Crippen MR) is 343 cm³/mol. The van der Waals surface area contributed by atoms with Gasteiger partial charge in [-0.05, 0) is 32.1 Å². The lowest BCUT2D eigenvalue weighted by atomic mass is 10.0. The van der Waals surface area contributed by atoms with Crippen molar-refractivity contribution in [3.63, 3.8) is 0 Å². The summed E-state index contributed by atoms with van der Waals surface area (Å²) in [5.74, 6) is -0.0384. The maximum Gasteiger partial charge on any atom is 0.305 e. The van der Waals surface area contributed by atoms with Crippen LogP contribution in [-0.2, 0) is 14.3 Å². The van der Waals surface area contributed by atoms with E-state index in [-0.39, 0.29) is 18.5 Å². The van der Waals surface area contributed by atoms with Crippen LogP contribution in [0.3, 0.4) is 0 Å². The molecule has 0 aliphatic heterocycles. The molecule has 2 atom stereocenters. The third-order valence-electron chi connectivity index (χ3n) is 17.1. The maximum atomic E-state index is 12.5. The van der Waals surface area contributed by atoms with Crippen molar-refractivity contribution in [2.45, 2.75) is 424 Å². The number of nitrogens with one attached hydrogen (secondary N) is 1. The molecule has 0 saturated heterocycles. The van der Waals surface area contributed by atoms with Gasteiger partial charge in [-0.3, -0.25) is 9.59 Å². The first kappa shape index (κ1) is 76.6. The molecule has 6 nitrogen and oxygen atoms in total. The van der Waals surface area contributed by atoms with Crippen LogP contribution in [0.1, 0.15) is 412 Å². The van der Waals surface area contributed by atoms with Gasteiger partial charge in [0.15, 0.2) is 0 Å². The van der Waals surface area contributed by atoms with Crippen LogP contribution in [0.15, 0.2) is 12.2 Å². The van der Waals surface area contributed by atoms with E-state index >= 15 is 0 Å². The zero-order valence-corrected chi connectivity index (χ0v) is 53.2. The van der Waals surface area contributed by atoms with Crippen LogP contribution in [0, 0.1) is 0 Å². The number of carbonyl (C=O) groups is 2. The van der Waals surface area contributed by atoms with E-state index < -0.39 is 12.1 Å². The van der Waals surface area contributed by atoms with Crippen molar-refractivity contribution in [1.29, 1.82) is 0 Å². The smallest absolute Gasteiger partial charge is 0.305 e. The van der Waals surface area contributed by atoms with Crippen molar-refractivity contribution >= 4 is 11.9 Å². The molecule has 0 heterocycles. The van der Waals surface area contributed by atoms with E-state index in [1.54, 1.807) is 6.08 Å². The fourth-order valence-corrected chi connectivity index (χ4v) is 11.6. The molecule has 0 aliphatic rings. The average molecular weight is 1100 g/mol. The van der Waals surface area contributed by atoms with Gasteiger partial charge in [0.25, 0.3) is 0 Å². The molecule has 6 heteroatoms. The number of hydrogen-bond acceptors (Lipinski definition) is 5. The van der Waals surface area contributed by atoms with Crippen LogP contribution in [0.2, 0.25) is 0 Å². The van der Waals surface area contributed by atoms with Gasteiger partial charge in [-0.1, -0.05) is 379 Å². The Morgan fingerprint density at radius 2 is 0.590 bits per heavy atom. The SMILES string of the molecule is CCCCCCCCCCCCCCCCCCC/C=C/C(O)C(CO)NC(=O)CCCCCCCCCCCCCCCCCCCCCCCCCCCCCCCCOC(=O)CCCCCCCCCCCCCC. The van der Waals surface area contributed by atoms with Gasteiger partial charge in [0.05, 0.1) is 25.4 Å². The first-order valence-corrected chi connectivity index (χ1v) is 36.0. The molecule has 78 heavy (non-hydrogen) atoms. The lowest BCUT2D eigenvalue weighted by Crippen LogP contribution is -2.45. The molecular weight excluding hydrogens is 959 g/mol. The number of esters is 1. The quantitative estimate of drug-likeness (QED) is 0.0320. The molecule has 0 bridgehead atoms. The topological polar surface area (TPSA) is 95.9 Å². The summed E-state index contributed by atoms with van der Waals surface area (Å²) in [6.07, 6.45) is 84.4. The second-order valence-electron chi connectivity index (χ2n) is 24.9. The Balaban J connectivity index is 3.35. The number of ether oxygens (including phenoxy) is 1. The third-order valence-corrected chi connectivity index (χ3v) is 17.1. The third kappa shape index (κ3) is 63.8. The van der Waals surface area contributed by atoms with Gasteiger partial charge in [-0.25, -0.2) is 0 Å². The highest BCUT2D eigenvalue weighted by atomic mass is 16.5. The Hall–Kier alpha value is -1.40. The highest BCUT2D eigenvalue weighted by molar-refractivity contribution is 5.76. The Morgan fingerprint density at radius 3 is 0.872 bits per heavy atom. The van der Waals surface area contributed by atoms with E-state index in [9.17, 15) is 19.8 Å². The van der Waals surface area contributed by atoms with Crippen LogP contribution in [0.25, 0.3) is 0 Å². The molecule has 0 aromatic carbocycles. The summed E-state index contributed by atoms with van der Waals surface area (Å²) in [7, 11) is 0. The average Bonchev–Trinajstić information content (AvgIpc) is 3.44. The number of carbonyl (C=O) groups excluding carboxylic acids is 2. The summed E-state index contributed by atoms with van der Waals surface area (Å²) in [6.45, 7) is 4.95. The van der Waals surface area contributed by atoms with Crippen molar-refractivity contribution in [2.75, 3.05) is 13.2 Å². The van der Waals surface area contributed by atoms with Gasteiger partial charge >= 0.3 is 5.97 Å². The van der Waals surface area contributed by atoms with Gasteiger partial charge in [0.1, 0.15) is 0 Å². The van der Waals surface area contributed by atoms with E-state index in [1.807, 2.05) is 6.08 Å². The van der Waals surface area contributed by atoms with Crippen LogP contribution in [0.4, 0.5) is 0 Å². The van der Waals surface area contributed by atoms with Gasteiger partial charge in [-0.2, -0.15) is 0 Å². The standard InChI is InChI=1S/C72H141NO5/c1-3-5-7-9-11-13-15-17-18-19-32-35-38-41-44-48-52-56-60-64-70(75)69(68-74)73-71(76)65-61-57-53-49-45-42-39-36-33-30-28-26-24-22-20-21-23-25-27-29-31-34-37-40-43-47-51-55-59-63-67-78-72(77)66-62-58-54-50-46-16-14-12-10-8-6-4-2/h60,64,69-70,74-75H,3-59,61-63,65-68H2,1-2H3,(H,73,76)/b64-60+. The lowest BCUT2D eigenvalue weighted by Gasteiger charge is -2.20. The first-order valence-electron chi connectivity index (χ1n) is 36.0. The Morgan fingerprint density at radius 1 is 0.346 bits per heavy atom. The Bertz CT molecular complexity index is 1180. The molecule has 0 spiro atoms. The van der Waals surface area contributed by atoms with E-state index in [0.29, 0.717) is 19.4 Å². The predicted octanol–water partition coefficient (Wildman–Crippen LogP) is 23.1. The fraction of sp³-hybridized carbons (Fsp3) is 0.944. The van der Waals surface area contributed by atoms with Crippen molar-refractivity contribution in [1.82, 2.24) is 5.32 Å². The molecule has 1 amide bonds. The minimum absolute atomic E-state index is 0.0214. The number of amides is 1. The Kier molecular flexibility index (Phi) is 66.9. The number of rotatable bonds is 68. The molecule has 0 aromatic heterocycles. The molecule has 0 fully saturated rings. The summed E-state index contributed by atoms with van der Waals surface area (Å²) >= 11 is 0. The van der Waals surface area contributed by atoms with Crippen molar-refractivity contribution in [3.8, 4) is 0 Å². The number of allylic oxidation sites excluding steroid dienone is 1. The van der Waals surface area contributed by atoms with Gasteiger partial charge < -0.3 is 20.3 Å². The van der Waals surface area contributed by atoms with Crippen molar-refractivity contribution < 1.29 is 24.5 Å².